The molecule has 0 bridgehead atoms. The summed E-state index contributed by atoms with van der Waals surface area (Å²) in [6.45, 7) is 6.12. The van der Waals surface area contributed by atoms with E-state index in [1.54, 1.807) is 45.0 Å². The standard InChI is InChI=1S/C18H25F2NO4/c1-5-24-15(22)18(19,20)14(21-16(23)25-17(2,3)4)12-11-13-9-7-6-8-10-13/h6-10,14H,5,11-12H2,1-4H3,(H,21,23). The fourth-order valence-electron chi connectivity index (χ4n) is 2.12. The van der Waals surface area contributed by atoms with Gasteiger partial charge in [0.1, 0.15) is 11.6 Å². The third kappa shape index (κ3) is 7.07. The van der Waals surface area contributed by atoms with Gasteiger partial charge in [-0.2, -0.15) is 8.78 Å². The lowest BCUT2D eigenvalue weighted by Gasteiger charge is -2.28. The van der Waals surface area contributed by atoms with Crippen molar-refractivity contribution >= 4 is 12.1 Å². The van der Waals surface area contributed by atoms with Crippen LogP contribution in [0.3, 0.4) is 0 Å². The second-order valence-corrected chi connectivity index (χ2v) is 6.57. The Hall–Kier alpha value is -2.18. The molecular weight excluding hydrogens is 332 g/mol. The van der Waals surface area contributed by atoms with Gasteiger partial charge in [0.2, 0.25) is 0 Å². The molecule has 5 nitrogen and oxygen atoms in total. The third-order valence-corrected chi connectivity index (χ3v) is 3.24. The van der Waals surface area contributed by atoms with Gasteiger partial charge in [0.05, 0.1) is 6.61 Å². The van der Waals surface area contributed by atoms with E-state index in [9.17, 15) is 18.4 Å². The molecule has 0 saturated heterocycles. The maximum Gasteiger partial charge on any atom is 0.408 e. The predicted molar refractivity (Wildman–Crippen MR) is 89.5 cm³/mol. The van der Waals surface area contributed by atoms with Gasteiger partial charge in [0.15, 0.2) is 0 Å². The summed E-state index contributed by atoms with van der Waals surface area (Å²) < 4.78 is 38.3. The number of hydrogen-bond acceptors (Lipinski definition) is 4. The Bertz CT molecular complexity index is 570. The molecule has 1 amide bonds. The molecule has 1 unspecified atom stereocenters. The molecule has 0 spiro atoms. The minimum absolute atomic E-state index is 0.144. The molecule has 1 rings (SSSR count). The van der Waals surface area contributed by atoms with E-state index in [1.807, 2.05) is 6.07 Å². The first-order valence-corrected chi connectivity index (χ1v) is 8.14. The number of carbonyl (C=O) groups is 2. The topological polar surface area (TPSA) is 64.6 Å². The number of amides is 1. The normalized spacial score (nSPS) is 13.0. The highest BCUT2D eigenvalue weighted by Gasteiger charge is 2.49. The average Bonchev–Trinajstić information content (AvgIpc) is 2.50. The van der Waals surface area contributed by atoms with Gasteiger partial charge in [0.25, 0.3) is 0 Å². The van der Waals surface area contributed by atoms with Crippen molar-refractivity contribution < 1.29 is 27.8 Å². The van der Waals surface area contributed by atoms with Crippen LogP contribution in [-0.4, -0.2) is 36.2 Å². The Morgan fingerprint density at radius 3 is 2.28 bits per heavy atom. The van der Waals surface area contributed by atoms with E-state index in [-0.39, 0.29) is 19.4 Å². The summed E-state index contributed by atoms with van der Waals surface area (Å²) >= 11 is 0. The number of hydrogen-bond donors (Lipinski definition) is 1. The van der Waals surface area contributed by atoms with Crippen molar-refractivity contribution in [3.63, 3.8) is 0 Å². The first kappa shape index (κ1) is 20.9. The van der Waals surface area contributed by atoms with Gasteiger partial charge in [-0.1, -0.05) is 30.3 Å². The van der Waals surface area contributed by atoms with Crippen molar-refractivity contribution in [2.45, 2.75) is 58.1 Å². The molecule has 0 saturated carbocycles. The van der Waals surface area contributed by atoms with Crippen LogP contribution in [0, 0.1) is 0 Å². The van der Waals surface area contributed by atoms with Crippen molar-refractivity contribution in [2.24, 2.45) is 0 Å². The van der Waals surface area contributed by atoms with Crippen molar-refractivity contribution in [1.29, 1.82) is 0 Å². The molecule has 25 heavy (non-hydrogen) atoms. The molecule has 140 valence electrons. The number of esters is 1. The molecule has 0 aromatic heterocycles. The summed E-state index contributed by atoms with van der Waals surface area (Å²) in [6.07, 6.45) is -0.889. The molecule has 0 aliphatic heterocycles. The quantitative estimate of drug-likeness (QED) is 0.756. The average molecular weight is 357 g/mol. The zero-order valence-electron chi connectivity index (χ0n) is 15.0. The smallest absolute Gasteiger partial charge is 0.408 e. The third-order valence-electron chi connectivity index (χ3n) is 3.24. The second-order valence-electron chi connectivity index (χ2n) is 6.57. The summed E-state index contributed by atoms with van der Waals surface area (Å²) in [5.74, 6) is -5.52. The molecule has 1 N–H and O–H groups in total. The number of alkyl halides is 2. The number of halogens is 2. The Kier molecular flexibility index (Phi) is 7.33. The van der Waals surface area contributed by atoms with Crippen LogP contribution in [0.15, 0.2) is 30.3 Å². The Morgan fingerprint density at radius 1 is 1.16 bits per heavy atom. The van der Waals surface area contributed by atoms with Gasteiger partial charge in [-0.25, -0.2) is 9.59 Å². The van der Waals surface area contributed by atoms with Crippen LogP contribution in [0.1, 0.15) is 39.7 Å². The van der Waals surface area contributed by atoms with Crippen molar-refractivity contribution in [2.75, 3.05) is 6.61 Å². The summed E-state index contributed by atoms with van der Waals surface area (Å²) in [5.41, 5.74) is -0.0223. The number of aryl methyl sites for hydroxylation is 1. The number of nitrogens with one attached hydrogen (secondary N) is 1. The van der Waals surface area contributed by atoms with Gasteiger partial charge in [0, 0.05) is 0 Å². The van der Waals surface area contributed by atoms with E-state index in [4.69, 9.17) is 4.74 Å². The first-order valence-electron chi connectivity index (χ1n) is 8.14. The van der Waals surface area contributed by atoms with Gasteiger partial charge in [-0.3, -0.25) is 0 Å². The van der Waals surface area contributed by atoms with Crippen LogP contribution in [0.5, 0.6) is 0 Å². The lowest BCUT2D eigenvalue weighted by Crippen LogP contribution is -2.53. The van der Waals surface area contributed by atoms with E-state index in [1.165, 1.54) is 6.92 Å². The molecule has 1 aromatic rings. The minimum atomic E-state index is -3.86. The fourth-order valence-corrected chi connectivity index (χ4v) is 2.12. The fraction of sp³-hybridized carbons (Fsp3) is 0.556. The van der Waals surface area contributed by atoms with Gasteiger partial charge in [-0.15, -0.1) is 0 Å². The van der Waals surface area contributed by atoms with E-state index in [2.05, 4.69) is 10.1 Å². The Morgan fingerprint density at radius 2 is 1.76 bits per heavy atom. The summed E-state index contributed by atoms with van der Waals surface area (Å²) in [5, 5.41) is 2.11. The molecule has 7 heteroatoms. The second kappa shape index (κ2) is 8.78. The number of rotatable bonds is 7. The van der Waals surface area contributed by atoms with Crippen LogP contribution in [0.4, 0.5) is 13.6 Å². The van der Waals surface area contributed by atoms with Crippen molar-refractivity contribution in [3.8, 4) is 0 Å². The molecule has 1 aromatic carbocycles. The first-order chi connectivity index (χ1) is 11.6. The SMILES string of the molecule is CCOC(=O)C(F)(F)C(CCc1ccccc1)NC(=O)OC(C)(C)C. The highest BCUT2D eigenvalue weighted by atomic mass is 19.3. The summed E-state index contributed by atoms with van der Waals surface area (Å²) in [4.78, 5) is 23.5. The summed E-state index contributed by atoms with van der Waals surface area (Å²) in [7, 11) is 0. The highest BCUT2D eigenvalue weighted by Crippen LogP contribution is 2.25. The highest BCUT2D eigenvalue weighted by molar-refractivity contribution is 5.80. The van der Waals surface area contributed by atoms with Crippen LogP contribution in [-0.2, 0) is 20.7 Å². The van der Waals surface area contributed by atoms with Crippen molar-refractivity contribution in [3.05, 3.63) is 35.9 Å². The molecule has 0 aliphatic carbocycles. The van der Waals surface area contributed by atoms with Gasteiger partial charge in [-0.05, 0) is 46.1 Å². The maximum absolute atomic E-state index is 14.4. The van der Waals surface area contributed by atoms with E-state index in [0.717, 1.165) is 5.56 Å². The number of alkyl carbamates (subject to hydrolysis) is 1. The Labute approximate surface area is 146 Å². The minimum Gasteiger partial charge on any atom is -0.461 e. The lowest BCUT2D eigenvalue weighted by molar-refractivity contribution is -0.176. The monoisotopic (exact) mass is 357 g/mol. The number of carbonyl (C=O) groups excluding carboxylic acids is 2. The van der Waals surface area contributed by atoms with E-state index in [0.29, 0.717) is 0 Å². The molecular formula is C18H25F2NO4. The van der Waals surface area contributed by atoms with Gasteiger partial charge < -0.3 is 14.8 Å². The summed E-state index contributed by atoms with van der Waals surface area (Å²) in [6, 6.07) is 7.22. The molecule has 0 fully saturated rings. The van der Waals surface area contributed by atoms with Gasteiger partial charge >= 0.3 is 18.0 Å². The zero-order valence-corrected chi connectivity index (χ0v) is 15.0. The van der Waals surface area contributed by atoms with E-state index >= 15 is 0 Å². The maximum atomic E-state index is 14.4. The number of ether oxygens (including phenoxy) is 2. The zero-order chi connectivity index (χ0) is 19.1. The molecule has 0 radical (unpaired) electrons. The lowest BCUT2D eigenvalue weighted by atomic mass is 10.0. The van der Waals surface area contributed by atoms with Crippen molar-refractivity contribution in [1.82, 2.24) is 5.32 Å². The largest absolute Gasteiger partial charge is 0.461 e. The van der Waals surface area contributed by atoms with E-state index < -0.39 is 29.6 Å². The molecule has 0 heterocycles. The predicted octanol–water partition coefficient (Wildman–Crippen LogP) is 3.71. The van der Waals surface area contributed by atoms with Crippen LogP contribution in [0.2, 0.25) is 0 Å². The molecule has 1 atom stereocenters. The Balaban J connectivity index is 2.88. The molecule has 0 aliphatic rings. The number of benzene rings is 1. The van der Waals surface area contributed by atoms with Crippen LogP contribution in [0.25, 0.3) is 0 Å². The van der Waals surface area contributed by atoms with Crippen LogP contribution >= 0.6 is 0 Å². The van der Waals surface area contributed by atoms with Crippen LogP contribution < -0.4 is 5.32 Å².